The van der Waals surface area contributed by atoms with Crippen LogP contribution < -0.4 is 15.2 Å². The van der Waals surface area contributed by atoms with E-state index in [1.54, 1.807) is 0 Å². The Morgan fingerprint density at radius 3 is 1.95 bits per heavy atom. The molecule has 0 heterocycles. The van der Waals surface area contributed by atoms with Gasteiger partial charge < -0.3 is 19.9 Å². The molecule has 1 atom stereocenters. The number of halogens is 4. The van der Waals surface area contributed by atoms with E-state index in [-0.39, 0.29) is 12.0 Å². The molecule has 0 saturated carbocycles. The molecule has 0 unspecified atom stereocenters. The van der Waals surface area contributed by atoms with Gasteiger partial charge in [0.1, 0.15) is 11.5 Å². The zero-order valence-corrected chi connectivity index (χ0v) is 10.9. The standard InChI is InChI=1S/C12H13F4NO4/c1-19-10(18)5-9(17)6-2-7(20-11(13)14)4-8(3-6)21-12(15)16/h2-4,9,11-12H,5,17H2,1H3/t9-/m0/s1. The molecule has 1 rings (SSSR count). The van der Waals surface area contributed by atoms with Gasteiger partial charge in [0, 0.05) is 12.1 Å². The van der Waals surface area contributed by atoms with Crippen LogP contribution >= 0.6 is 0 Å². The monoisotopic (exact) mass is 311 g/mol. The first kappa shape index (κ1) is 17.0. The van der Waals surface area contributed by atoms with Crippen molar-refractivity contribution in [1.82, 2.24) is 0 Å². The summed E-state index contributed by atoms with van der Waals surface area (Å²) >= 11 is 0. The summed E-state index contributed by atoms with van der Waals surface area (Å²) in [5, 5.41) is 0. The molecule has 0 bridgehead atoms. The van der Waals surface area contributed by atoms with Gasteiger partial charge in [-0.2, -0.15) is 17.6 Å². The Hall–Kier alpha value is -2.03. The van der Waals surface area contributed by atoms with Crippen LogP contribution in [0.2, 0.25) is 0 Å². The number of methoxy groups -OCH3 is 1. The van der Waals surface area contributed by atoms with Gasteiger partial charge in [-0.25, -0.2) is 0 Å². The molecule has 21 heavy (non-hydrogen) atoms. The number of rotatable bonds is 7. The Morgan fingerprint density at radius 1 is 1.10 bits per heavy atom. The van der Waals surface area contributed by atoms with Crippen molar-refractivity contribution in [3.05, 3.63) is 23.8 Å². The highest BCUT2D eigenvalue weighted by Gasteiger charge is 2.17. The van der Waals surface area contributed by atoms with Crippen LogP contribution in [-0.2, 0) is 9.53 Å². The Labute approximate surface area is 117 Å². The smallest absolute Gasteiger partial charge is 0.387 e. The fraction of sp³-hybridized carbons (Fsp3) is 0.417. The second-order valence-electron chi connectivity index (χ2n) is 3.88. The molecule has 118 valence electrons. The zero-order chi connectivity index (χ0) is 16.0. The van der Waals surface area contributed by atoms with Crippen LogP contribution in [0.3, 0.4) is 0 Å². The molecule has 0 aromatic heterocycles. The number of carbonyl (C=O) groups is 1. The average molecular weight is 311 g/mol. The van der Waals surface area contributed by atoms with E-state index < -0.39 is 36.7 Å². The summed E-state index contributed by atoms with van der Waals surface area (Å²) in [5.41, 5.74) is 5.80. The van der Waals surface area contributed by atoms with E-state index in [4.69, 9.17) is 5.73 Å². The second kappa shape index (κ2) is 7.67. The van der Waals surface area contributed by atoms with E-state index in [9.17, 15) is 22.4 Å². The van der Waals surface area contributed by atoms with Gasteiger partial charge in [-0.1, -0.05) is 0 Å². The summed E-state index contributed by atoms with van der Waals surface area (Å²) in [4.78, 5) is 11.1. The lowest BCUT2D eigenvalue weighted by atomic mass is 10.0. The Bertz CT molecular complexity index is 456. The van der Waals surface area contributed by atoms with Gasteiger partial charge in [-0.3, -0.25) is 4.79 Å². The molecule has 0 aliphatic rings. The van der Waals surface area contributed by atoms with Crippen molar-refractivity contribution in [2.45, 2.75) is 25.7 Å². The fourth-order valence-electron chi connectivity index (χ4n) is 1.53. The predicted molar refractivity (Wildman–Crippen MR) is 63.3 cm³/mol. The minimum Gasteiger partial charge on any atom is -0.469 e. The first-order valence-electron chi connectivity index (χ1n) is 5.68. The molecule has 0 amide bonds. The second-order valence-corrected chi connectivity index (χ2v) is 3.88. The van der Waals surface area contributed by atoms with Crippen molar-refractivity contribution in [3.8, 4) is 11.5 Å². The largest absolute Gasteiger partial charge is 0.469 e. The molecular weight excluding hydrogens is 298 g/mol. The van der Waals surface area contributed by atoms with Crippen LogP contribution in [0.4, 0.5) is 17.6 Å². The van der Waals surface area contributed by atoms with Gasteiger partial charge in [0.25, 0.3) is 0 Å². The van der Waals surface area contributed by atoms with Gasteiger partial charge in [-0.05, 0) is 17.7 Å². The summed E-state index contributed by atoms with van der Waals surface area (Å²) in [7, 11) is 1.15. The highest BCUT2D eigenvalue weighted by molar-refractivity contribution is 5.70. The summed E-state index contributed by atoms with van der Waals surface area (Å²) in [6, 6.07) is 2.14. The van der Waals surface area contributed by atoms with E-state index in [1.807, 2.05) is 0 Å². The number of hydrogen-bond acceptors (Lipinski definition) is 5. The van der Waals surface area contributed by atoms with Gasteiger partial charge in [-0.15, -0.1) is 0 Å². The summed E-state index contributed by atoms with van der Waals surface area (Å²) in [6.07, 6.45) is -0.261. The van der Waals surface area contributed by atoms with Crippen LogP contribution in [-0.4, -0.2) is 26.3 Å². The van der Waals surface area contributed by atoms with E-state index in [2.05, 4.69) is 14.2 Å². The molecule has 0 aliphatic heterocycles. The fourth-order valence-corrected chi connectivity index (χ4v) is 1.53. The molecule has 9 heteroatoms. The average Bonchev–Trinajstić information content (AvgIpc) is 2.36. The topological polar surface area (TPSA) is 70.8 Å². The summed E-state index contributed by atoms with van der Waals surface area (Å²) < 4.78 is 61.5. The number of nitrogens with two attached hydrogens (primary N) is 1. The minimum atomic E-state index is -3.14. The molecule has 0 aliphatic carbocycles. The van der Waals surface area contributed by atoms with Gasteiger partial charge in [0.05, 0.1) is 13.5 Å². The number of hydrogen-bond donors (Lipinski definition) is 1. The van der Waals surface area contributed by atoms with Crippen LogP contribution in [0.15, 0.2) is 18.2 Å². The minimum absolute atomic E-state index is 0.120. The quantitative estimate of drug-likeness (QED) is 0.618. The molecule has 2 N–H and O–H groups in total. The molecule has 5 nitrogen and oxygen atoms in total. The Morgan fingerprint density at radius 2 is 1.57 bits per heavy atom. The van der Waals surface area contributed by atoms with Crippen LogP contribution in [0.5, 0.6) is 11.5 Å². The van der Waals surface area contributed by atoms with Crippen molar-refractivity contribution in [2.75, 3.05) is 7.11 Å². The first-order chi connectivity index (χ1) is 9.81. The van der Waals surface area contributed by atoms with Gasteiger partial charge >= 0.3 is 19.2 Å². The lowest BCUT2D eigenvalue weighted by molar-refractivity contribution is -0.141. The highest BCUT2D eigenvalue weighted by atomic mass is 19.3. The molecule has 1 aromatic carbocycles. The summed E-state index contributed by atoms with van der Waals surface area (Å²) in [6.45, 7) is -6.28. The molecular formula is C12H13F4NO4. The zero-order valence-electron chi connectivity index (χ0n) is 10.9. The van der Waals surface area contributed by atoms with Crippen LogP contribution in [0.1, 0.15) is 18.0 Å². The van der Waals surface area contributed by atoms with Crippen molar-refractivity contribution in [2.24, 2.45) is 5.73 Å². The van der Waals surface area contributed by atoms with Crippen molar-refractivity contribution < 1.29 is 36.6 Å². The molecule has 0 saturated heterocycles. The number of carbonyl (C=O) groups excluding carboxylic acids is 1. The van der Waals surface area contributed by atoms with Gasteiger partial charge in [0.15, 0.2) is 0 Å². The molecule has 1 aromatic rings. The lowest BCUT2D eigenvalue weighted by Crippen LogP contribution is -2.17. The summed E-state index contributed by atoms with van der Waals surface area (Å²) in [5.74, 6) is -1.45. The van der Waals surface area contributed by atoms with Crippen molar-refractivity contribution >= 4 is 5.97 Å². The third kappa shape index (κ3) is 5.86. The van der Waals surface area contributed by atoms with E-state index in [1.165, 1.54) is 0 Å². The number of ether oxygens (including phenoxy) is 3. The van der Waals surface area contributed by atoms with Crippen LogP contribution in [0.25, 0.3) is 0 Å². The maximum atomic E-state index is 12.2. The number of benzene rings is 1. The van der Waals surface area contributed by atoms with Crippen LogP contribution in [0, 0.1) is 0 Å². The number of alkyl halides is 4. The van der Waals surface area contributed by atoms with E-state index in [0.717, 1.165) is 25.3 Å². The molecule has 0 spiro atoms. The van der Waals surface area contributed by atoms with E-state index >= 15 is 0 Å². The third-order valence-electron chi connectivity index (χ3n) is 2.40. The normalized spacial score (nSPS) is 12.4. The first-order valence-corrected chi connectivity index (χ1v) is 5.68. The van der Waals surface area contributed by atoms with Gasteiger partial charge in [0.2, 0.25) is 0 Å². The van der Waals surface area contributed by atoms with Crippen molar-refractivity contribution in [3.63, 3.8) is 0 Å². The lowest BCUT2D eigenvalue weighted by Gasteiger charge is -2.15. The Kier molecular flexibility index (Phi) is 6.22. The maximum absolute atomic E-state index is 12.2. The SMILES string of the molecule is COC(=O)C[C@H](N)c1cc(OC(F)F)cc(OC(F)F)c1. The Balaban J connectivity index is 3.02. The maximum Gasteiger partial charge on any atom is 0.387 e. The molecule has 0 radical (unpaired) electrons. The number of esters is 1. The van der Waals surface area contributed by atoms with Crippen molar-refractivity contribution in [1.29, 1.82) is 0 Å². The van der Waals surface area contributed by atoms with E-state index in [0.29, 0.717) is 0 Å². The highest BCUT2D eigenvalue weighted by Crippen LogP contribution is 2.29. The molecule has 0 fully saturated rings. The third-order valence-corrected chi connectivity index (χ3v) is 2.40. The predicted octanol–water partition coefficient (Wildman–Crippen LogP) is 2.45.